The third kappa shape index (κ3) is 5.26. The van der Waals surface area contributed by atoms with Crippen LogP contribution in [0.4, 0.5) is 34.1 Å². The number of aryl methyl sites for hydroxylation is 4. The maximum absolute atomic E-state index is 2.43. The molecule has 13 rings (SSSR count). The third-order valence-electron chi connectivity index (χ3n) is 14.0. The molecule has 0 unspecified atom stereocenters. The fourth-order valence-corrected chi connectivity index (χ4v) is 11.0. The largest absolute Gasteiger partial charge is 0.310 e. The first-order chi connectivity index (χ1) is 31.4. The van der Waals surface area contributed by atoms with E-state index >= 15 is 0 Å². The molecule has 0 aliphatic heterocycles. The minimum Gasteiger partial charge on any atom is -0.310 e. The highest BCUT2D eigenvalue weighted by molar-refractivity contribution is 6.48. The van der Waals surface area contributed by atoms with E-state index in [9.17, 15) is 0 Å². The van der Waals surface area contributed by atoms with E-state index in [0.29, 0.717) is 0 Å². The molecule has 13 aromatic rings. The number of anilines is 6. The van der Waals surface area contributed by atoms with Gasteiger partial charge in [-0.3, -0.25) is 0 Å². The molecule has 0 N–H and O–H groups in total. The normalized spacial score (nSPS) is 12.1. The average molecular weight is 817 g/mol. The number of hydrogen-bond donors (Lipinski definition) is 0. The van der Waals surface area contributed by atoms with Gasteiger partial charge < -0.3 is 9.80 Å². The van der Waals surface area contributed by atoms with E-state index in [1.54, 1.807) is 0 Å². The lowest BCUT2D eigenvalue weighted by atomic mass is 9.81. The molecule has 0 aliphatic carbocycles. The predicted molar refractivity (Wildman–Crippen MR) is 277 cm³/mol. The molecule has 2 heteroatoms. The minimum absolute atomic E-state index is 1.15. The standard InChI is InChI=1S/C62H44N2/c1-37-17-25-41(26-18-37)63(42-27-19-38(2)20-28-42)55-35-33-53-57-45(9-5-13-49(55)57)47-11-7-16-52-59(47)61(53)51-15-8-12-48-46-10-6-14-50-56(36-34-54(58(46)50)62(52)60(48)51)64(43-29-21-39(3)22-30-43)44-31-23-40(4)24-32-44/h5-36H,1-4H3. The highest BCUT2D eigenvalue weighted by atomic mass is 15.1. The lowest BCUT2D eigenvalue weighted by molar-refractivity contribution is 1.28. The van der Waals surface area contributed by atoms with E-state index in [4.69, 9.17) is 0 Å². The summed E-state index contributed by atoms with van der Waals surface area (Å²) in [6, 6.07) is 73.1. The fourth-order valence-electron chi connectivity index (χ4n) is 11.0. The van der Waals surface area contributed by atoms with Crippen LogP contribution in [0.15, 0.2) is 194 Å². The molecule has 0 heterocycles. The van der Waals surface area contributed by atoms with E-state index in [2.05, 4.69) is 232 Å². The van der Waals surface area contributed by atoms with Gasteiger partial charge in [0, 0.05) is 33.5 Å². The first-order valence-electron chi connectivity index (χ1n) is 22.4. The molecule has 13 aromatic carbocycles. The number of rotatable bonds is 6. The Morgan fingerprint density at radius 3 is 0.750 bits per heavy atom. The molecule has 0 amide bonds. The SMILES string of the molecule is Cc1ccc(N(c2ccc(C)cc2)c2ccc3c4c2cccc4c2cccc4c2c3c2cccc3c5cccc6c(N(c7ccc(C)cc7)c7ccc(C)cc7)ccc(c65)c4c32)cc1. The van der Waals surface area contributed by atoms with Crippen LogP contribution in [0.5, 0.6) is 0 Å². The lowest BCUT2D eigenvalue weighted by Gasteiger charge is -2.29. The van der Waals surface area contributed by atoms with Crippen LogP contribution in [0.2, 0.25) is 0 Å². The van der Waals surface area contributed by atoms with Crippen molar-refractivity contribution in [3.05, 3.63) is 216 Å². The second kappa shape index (κ2) is 13.8. The van der Waals surface area contributed by atoms with Crippen molar-refractivity contribution < 1.29 is 0 Å². The quantitative estimate of drug-likeness (QED) is 0.122. The van der Waals surface area contributed by atoms with Gasteiger partial charge in [-0.2, -0.15) is 0 Å². The summed E-state index contributed by atoms with van der Waals surface area (Å²) >= 11 is 0. The van der Waals surface area contributed by atoms with E-state index in [1.165, 1.54) is 120 Å². The van der Waals surface area contributed by atoms with Gasteiger partial charge in [0.2, 0.25) is 0 Å². The second-order valence-corrected chi connectivity index (χ2v) is 17.9. The van der Waals surface area contributed by atoms with Gasteiger partial charge in [-0.1, -0.05) is 156 Å². The Labute approximate surface area is 372 Å². The molecule has 64 heavy (non-hydrogen) atoms. The van der Waals surface area contributed by atoms with Gasteiger partial charge in [-0.25, -0.2) is 0 Å². The van der Waals surface area contributed by atoms with Gasteiger partial charge in [0.1, 0.15) is 0 Å². The summed E-state index contributed by atoms with van der Waals surface area (Å²) in [7, 11) is 0. The molecule has 0 saturated heterocycles. The monoisotopic (exact) mass is 816 g/mol. The van der Waals surface area contributed by atoms with E-state index in [1.807, 2.05) is 0 Å². The van der Waals surface area contributed by atoms with Crippen LogP contribution in [0.1, 0.15) is 22.3 Å². The molecule has 0 spiro atoms. The molecule has 2 nitrogen and oxygen atoms in total. The lowest BCUT2D eigenvalue weighted by Crippen LogP contribution is -2.10. The molecule has 0 atom stereocenters. The Kier molecular flexibility index (Phi) is 7.90. The molecule has 0 saturated carbocycles. The molecule has 0 bridgehead atoms. The first-order valence-corrected chi connectivity index (χ1v) is 22.4. The summed E-state index contributed by atoms with van der Waals surface area (Å²) in [6.45, 7) is 8.63. The van der Waals surface area contributed by atoms with Crippen molar-refractivity contribution in [2.24, 2.45) is 0 Å². The minimum atomic E-state index is 1.15. The van der Waals surface area contributed by atoms with Gasteiger partial charge >= 0.3 is 0 Å². The molecule has 0 aliphatic rings. The van der Waals surface area contributed by atoms with Crippen molar-refractivity contribution in [2.45, 2.75) is 27.7 Å². The summed E-state index contributed by atoms with van der Waals surface area (Å²) < 4.78 is 0. The first kappa shape index (κ1) is 36.7. The molecule has 0 radical (unpaired) electrons. The van der Waals surface area contributed by atoms with Crippen molar-refractivity contribution in [2.75, 3.05) is 9.80 Å². The Hall–Kier alpha value is -7.94. The molecule has 0 aromatic heterocycles. The zero-order valence-electron chi connectivity index (χ0n) is 36.4. The van der Waals surface area contributed by atoms with Gasteiger partial charge in [0.25, 0.3) is 0 Å². The third-order valence-corrected chi connectivity index (χ3v) is 14.0. The topological polar surface area (TPSA) is 6.48 Å². The van der Waals surface area contributed by atoms with Crippen molar-refractivity contribution >= 4 is 120 Å². The van der Waals surface area contributed by atoms with Crippen LogP contribution in [-0.4, -0.2) is 0 Å². The van der Waals surface area contributed by atoms with E-state index in [-0.39, 0.29) is 0 Å². The van der Waals surface area contributed by atoms with Crippen LogP contribution in [-0.2, 0) is 0 Å². The smallest absolute Gasteiger partial charge is 0.0540 e. The number of hydrogen-bond acceptors (Lipinski definition) is 2. The van der Waals surface area contributed by atoms with Gasteiger partial charge in [-0.15, -0.1) is 0 Å². The van der Waals surface area contributed by atoms with Crippen molar-refractivity contribution in [1.82, 2.24) is 0 Å². The second-order valence-electron chi connectivity index (χ2n) is 17.9. The number of nitrogens with zero attached hydrogens (tertiary/aromatic N) is 2. The Bertz CT molecular complexity index is 3600. The van der Waals surface area contributed by atoms with Crippen molar-refractivity contribution in [3.8, 4) is 0 Å². The molecular weight excluding hydrogens is 773 g/mol. The maximum Gasteiger partial charge on any atom is 0.0540 e. The van der Waals surface area contributed by atoms with Crippen LogP contribution >= 0.6 is 0 Å². The van der Waals surface area contributed by atoms with Crippen LogP contribution in [0, 0.1) is 27.7 Å². The van der Waals surface area contributed by atoms with Gasteiger partial charge in [-0.05, 0) is 164 Å². The molecule has 0 fully saturated rings. The van der Waals surface area contributed by atoms with Crippen LogP contribution in [0.3, 0.4) is 0 Å². The van der Waals surface area contributed by atoms with Crippen LogP contribution in [0.25, 0.3) is 86.2 Å². The maximum atomic E-state index is 2.43. The zero-order valence-corrected chi connectivity index (χ0v) is 36.4. The summed E-state index contributed by atoms with van der Waals surface area (Å²) in [5, 5.41) is 20.8. The number of benzene rings is 13. The molecular formula is C62H44N2. The predicted octanol–water partition coefficient (Wildman–Crippen LogP) is 18.0. The Morgan fingerprint density at radius 2 is 0.438 bits per heavy atom. The van der Waals surface area contributed by atoms with Gasteiger partial charge in [0.15, 0.2) is 0 Å². The Balaban J connectivity index is 1.13. The summed E-state index contributed by atoms with van der Waals surface area (Å²) in [5.74, 6) is 0. The van der Waals surface area contributed by atoms with Crippen molar-refractivity contribution in [3.63, 3.8) is 0 Å². The van der Waals surface area contributed by atoms with E-state index < -0.39 is 0 Å². The van der Waals surface area contributed by atoms with Crippen LogP contribution < -0.4 is 9.80 Å². The van der Waals surface area contributed by atoms with E-state index in [0.717, 1.165) is 22.7 Å². The molecule has 302 valence electrons. The number of fused-ring (bicyclic) bond motifs is 6. The zero-order chi connectivity index (χ0) is 42.8. The van der Waals surface area contributed by atoms with Crippen molar-refractivity contribution in [1.29, 1.82) is 0 Å². The average Bonchev–Trinajstić information content (AvgIpc) is 3.33. The summed E-state index contributed by atoms with van der Waals surface area (Å²) in [6.07, 6.45) is 0. The van der Waals surface area contributed by atoms with Gasteiger partial charge in [0.05, 0.1) is 11.4 Å². The summed E-state index contributed by atoms with van der Waals surface area (Å²) in [5.41, 5.74) is 11.9. The highest BCUT2D eigenvalue weighted by Crippen LogP contribution is 2.53. The highest BCUT2D eigenvalue weighted by Gasteiger charge is 2.25. The Morgan fingerprint density at radius 1 is 0.203 bits per heavy atom. The fraction of sp³-hybridized carbons (Fsp3) is 0.0645. The summed E-state index contributed by atoms with van der Waals surface area (Å²) in [4.78, 5) is 4.86.